The van der Waals surface area contributed by atoms with E-state index in [1.807, 2.05) is 0 Å². The fourth-order valence-corrected chi connectivity index (χ4v) is 5.78. The first-order valence-electron chi connectivity index (χ1n) is 6.47. The second kappa shape index (κ2) is 6.41. The quantitative estimate of drug-likeness (QED) is 0.664. The summed E-state index contributed by atoms with van der Waals surface area (Å²) in [6, 6.07) is 0. The Balaban J connectivity index is 2.44. The Kier molecular flexibility index (Phi) is 5.41. The Morgan fingerprint density at radius 1 is 1.00 bits per heavy atom. The lowest BCUT2D eigenvalue weighted by molar-refractivity contribution is -0.353. The average molecular weight is 391 g/mol. The molecule has 0 aromatic carbocycles. The zero-order valence-corrected chi connectivity index (χ0v) is 13.1. The predicted octanol–water partition coefficient (Wildman–Crippen LogP) is 3.62. The molecule has 0 aromatic rings. The van der Waals surface area contributed by atoms with Gasteiger partial charge in [0.25, 0.3) is 0 Å². The maximum atomic E-state index is 14.5. The van der Waals surface area contributed by atoms with Gasteiger partial charge in [0, 0.05) is 23.9 Å². The lowest BCUT2D eigenvalue weighted by atomic mass is 9.96. The van der Waals surface area contributed by atoms with E-state index in [0.717, 1.165) is 16.7 Å². The maximum absolute atomic E-state index is 14.5. The van der Waals surface area contributed by atoms with Gasteiger partial charge in [0.05, 0.1) is 13.2 Å². The first-order valence-corrected chi connectivity index (χ1v) is 8.61. The lowest BCUT2D eigenvalue weighted by Gasteiger charge is -2.49. The van der Waals surface area contributed by atoms with Crippen molar-refractivity contribution in [2.45, 2.75) is 29.1 Å². The number of thioether (sulfide) groups is 2. The molecule has 2 saturated heterocycles. The normalized spacial score (nSPS) is 28.6. The van der Waals surface area contributed by atoms with Crippen LogP contribution in [-0.4, -0.2) is 71.1 Å². The van der Waals surface area contributed by atoms with Crippen molar-refractivity contribution >= 4 is 23.5 Å². The van der Waals surface area contributed by atoms with Crippen LogP contribution in [0.3, 0.4) is 0 Å². The van der Waals surface area contributed by atoms with Gasteiger partial charge in [0.1, 0.15) is 4.87 Å². The molecular formula is C11H13F8NOS2. The minimum absolute atomic E-state index is 0.0245. The Hall–Kier alpha value is 0.0600. The third kappa shape index (κ3) is 2.82. The van der Waals surface area contributed by atoms with E-state index in [1.54, 1.807) is 0 Å². The third-order valence-electron chi connectivity index (χ3n) is 3.78. The van der Waals surface area contributed by atoms with Gasteiger partial charge in [-0.05, 0) is 0 Å². The number of alkyl halides is 8. The molecule has 0 radical (unpaired) electrons. The van der Waals surface area contributed by atoms with E-state index in [2.05, 4.69) is 0 Å². The summed E-state index contributed by atoms with van der Waals surface area (Å²) >= 11 is 1.25. The summed E-state index contributed by atoms with van der Waals surface area (Å²) in [5.74, 6) is -18.3. The van der Waals surface area contributed by atoms with Crippen LogP contribution in [-0.2, 0) is 4.74 Å². The van der Waals surface area contributed by atoms with E-state index in [1.165, 1.54) is 0 Å². The first kappa shape index (κ1) is 19.4. The molecule has 0 N–H and O–H groups in total. The summed E-state index contributed by atoms with van der Waals surface area (Å²) in [6.45, 7) is -0.390. The monoisotopic (exact) mass is 391 g/mol. The molecule has 2 fully saturated rings. The van der Waals surface area contributed by atoms with Gasteiger partial charge >= 0.3 is 24.2 Å². The topological polar surface area (TPSA) is 12.5 Å². The van der Waals surface area contributed by atoms with Crippen LogP contribution in [0.5, 0.6) is 0 Å². The molecule has 2 heterocycles. The Morgan fingerprint density at radius 3 is 2.00 bits per heavy atom. The van der Waals surface area contributed by atoms with E-state index < -0.39 is 34.8 Å². The minimum atomic E-state index is -6.19. The molecular weight excluding hydrogens is 378 g/mol. The van der Waals surface area contributed by atoms with Crippen molar-refractivity contribution in [3.63, 3.8) is 0 Å². The smallest absolute Gasteiger partial charge is 0.379 e. The number of rotatable bonds is 5. The predicted molar refractivity (Wildman–Crippen MR) is 70.9 cm³/mol. The number of halogens is 8. The van der Waals surface area contributed by atoms with Crippen LogP contribution < -0.4 is 0 Å². The fourth-order valence-electron chi connectivity index (χ4n) is 2.44. The molecule has 0 saturated carbocycles. The van der Waals surface area contributed by atoms with E-state index in [0.29, 0.717) is 11.8 Å². The van der Waals surface area contributed by atoms with Crippen LogP contribution in [0.1, 0.15) is 0 Å². The molecule has 2 aliphatic heterocycles. The SMILES string of the molecule is FC(F)C(F)(F)C(F)(F)C(F)(F)C1(N2CCOCC2)CSCS1. The summed E-state index contributed by atoms with van der Waals surface area (Å²) in [5, 5.41) is -0.0245. The Labute approximate surface area is 135 Å². The summed E-state index contributed by atoms with van der Waals surface area (Å²) in [7, 11) is 0. The number of ether oxygens (including phenoxy) is 1. The van der Waals surface area contributed by atoms with E-state index in [9.17, 15) is 35.1 Å². The van der Waals surface area contributed by atoms with Crippen molar-refractivity contribution in [1.82, 2.24) is 4.90 Å². The summed E-state index contributed by atoms with van der Waals surface area (Å²) in [4.78, 5) is -1.74. The van der Waals surface area contributed by atoms with Gasteiger partial charge in [0.15, 0.2) is 0 Å². The van der Waals surface area contributed by atoms with Crippen LogP contribution in [0, 0.1) is 0 Å². The number of hydrogen-bond donors (Lipinski definition) is 0. The lowest BCUT2D eigenvalue weighted by Crippen LogP contribution is -2.71. The third-order valence-corrected chi connectivity index (χ3v) is 6.86. The van der Waals surface area contributed by atoms with Crippen molar-refractivity contribution in [3.8, 4) is 0 Å². The number of morpholine rings is 1. The highest BCUT2D eigenvalue weighted by atomic mass is 32.2. The Bertz CT molecular complexity index is 424. The van der Waals surface area contributed by atoms with Gasteiger partial charge in [-0.1, -0.05) is 0 Å². The molecule has 0 aromatic heterocycles. The van der Waals surface area contributed by atoms with Gasteiger partial charge in [-0.3, -0.25) is 4.90 Å². The van der Waals surface area contributed by atoms with Crippen molar-refractivity contribution in [2.75, 3.05) is 37.1 Å². The first-order chi connectivity index (χ1) is 10.5. The van der Waals surface area contributed by atoms with Crippen LogP contribution in [0.4, 0.5) is 35.1 Å². The molecule has 12 heteroatoms. The molecule has 0 bridgehead atoms. The second-order valence-corrected chi connectivity index (χ2v) is 7.67. The van der Waals surface area contributed by atoms with E-state index in [-0.39, 0.29) is 31.4 Å². The largest absolute Gasteiger partial charge is 0.380 e. The van der Waals surface area contributed by atoms with Crippen molar-refractivity contribution in [1.29, 1.82) is 0 Å². The fraction of sp³-hybridized carbons (Fsp3) is 1.00. The maximum Gasteiger partial charge on any atom is 0.380 e. The second-order valence-electron chi connectivity index (χ2n) is 5.07. The van der Waals surface area contributed by atoms with Crippen molar-refractivity contribution in [2.24, 2.45) is 0 Å². The minimum Gasteiger partial charge on any atom is -0.379 e. The zero-order chi connectivity index (χ0) is 17.5. The summed E-state index contributed by atoms with van der Waals surface area (Å²) in [5.41, 5.74) is 0. The molecule has 0 aliphatic carbocycles. The van der Waals surface area contributed by atoms with Gasteiger partial charge in [-0.2, -0.15) is 26.3 Å². The molecule has 2 nitrogen and oxygen atoms in total. The summed E-state index contributed by atoms with van der Waals surface area (Å²) in [6.07, 6.45) is -4.90. The van der Waals surface area contributed by atoms with Gasteiger partial charge in [-0.25, -0.2) is 8.78 Å². The molecule has 23 heavy (non-hydrogen) atoms. The Morgan fingerprint density at radius 2 is 1.57 bits per heavy atom. The van der Waals surface area contributed by atoms with E-state index >= 15 is 0 Å². The highest BCUT2D eigenvalue weighted by Crippen LogP contribution is 2.60. The highest BCUT2D eigenvalue weighted by molar-refractivity contribution is 8.20. The molecule has 2 rings (SSSR count). The van der Waals surface area contributed by atoms with Gasteiger partial charge < -0.3 is 4.74 Å². The molecule has 1 atom stereocenters. The number of hydrogen-bond acceptors (Lipinski definition) is 4. The van der Waals surface area contributed by atoms with Crippen molar-refractivity contribution in [3.05, 3.63) is 0 Å². The van der Waals surface area contributed by atoms with Crippen LogP contribution in [0.25, 0.3) is 0 Å². The highest BCUT2D eigenvalue weighted by Gasteiger charge is 2.82. The zero-order valence-electron chi connectivity index (χ0n) is 11.5. The molecule has 0 amide bonds. The van der Waals surface area contributed by atoms with Crippen molar-refractivity contribution < 1.29 is 39.9 Å². The molecule has 0 spiro atoms. The molecule has 136 valence electrons. The van der Waals surface area contributed by atoms with Crippen LogP contribution >= 0.6 is 23.5 Å². The number of nitrogens with zero attached hydrogens (tertiary/aromatic N) is 1. The van der Waals surface area contributed by atoms with E-state index in [4.69, 9.17) is 4.74 Å². The van der Waals surface area contributed by atoms with Gasteiger partial charge in [0.2, 0.25) is 0 Å². The standard InChI is InChI=1S/C11H13F8NOS2/c12-7(13)9(14,15)11(18,19)10(16,17)8(5-22-6-23-8)20-1-3-21-4-2-20/h7H,1-6H2. The van der Waals surface area contributed by atoms with Gasteiger partial charge in [-0.15, -0.1) is 23.5 Å². The van der Waals surface area contributed by atoms with Crippen LogP contribution in [0.2, 0.25) is 0 Å². The average Bonchev–Trinajstić information content (AvgIpc) is 2.98. The summed E-state index contributed by atoms with van der Waals surface area (Å²) < 4.78 is 113. The van der Waals surface area contributed by atoms with Crippen LogP contribution in [0.15, 0.2) is 0 Å². The molecule has 1 unspecified atom stereocenters. The molecule has 2 aliphatic rings.